The molecule has 0 saturated carbocycles. The second-order valence-corrected chi connectivity index (χ2v) is 3.65. The molecule has 0 atom stereocenters. The molecule has 0 saturated heterocycles. The van der Waals surface area contributed by atoms with Crippen LogP contribution in [0.4, 0.5) is 10.6 Å². The van der Waals surface area contributed by atoms with Gasteiger partial charge in [0.15, 0.2) is 5.82 Å². The second kappa shape index (κ2) is 4.78. The van der Waals surface area contributed by atoms with Crippen molar-refractivity contribution in [3.63, 3.8) is 0 Å². The molecule has 0 fully saturated rings. The fourth-order valence-corrected chi connectivity index (χ4v) is 1.18. The van der Waals surface area contributed by atoms with Crippen LogP contribution < -0.4 is 10.2 Å². The molecule has 0 aliphatic carbocycles. The lowest BCUT2D eigenvalue weighted by Gasteiger charge is -2.14. The van der Waals surface area contributed by atoms with Crippen molar-refractivity contribution < 1.29 is 14.1 Å². The van der Waals surface area contributed by atoms with Gasteiger partial charge in [-0.15, -0.1) is 0 Å². The average Bonchev–Trinajstić information content (AvgIpc) is 2.66. The normalized spacial score (nSPS) is 10.3. The number of nitrogens with one attached hydrogen (secondary N) is 1. The van der Waals surface area contributed by atoms with Gasteiger partial charge in [0.25, 0.3) is 0 Å². The Kier molecular flexibility index (Phi) is 3.65. The molecule has 1 aromatic heterocycles. The first-order chi connectivity index (χ1) is 7.47. The minimum Gasteiger partial charge on any atom is -0.359 e. The monoisotopic (exact) mass is 225 g/mol. The van der Waals surface area contributed by atoms with Crippen LogP contribution in [0, 0.1) is 0 Å². The van der Waals surface area contributed by atoms with Gasteiger partial charge in [0.1, 0.15) is 5.76 Å². The zero-order valence-corrected chi connectivity index (χ0v) is 9.77. The number of imide groups is 1. The molecular formula is C10H15N3O3. The van der Waals surface area contributed by atoms with Gasteiger partial charge in [0, 0.05) is 26.0 Å². The molecule has 0 unspecified atom stereocenters. The van der Waals surface area contributed by atoms with Crippen molar-refractivity contribution in [3.05, 3.63) is 11.8 Å². The van der Waals surface area contributed by atoms with E-state index in [4.69, 9.17) is 4.52 Å². The van der Waals surface area contributed by atoms with E-state index < -0.39 is 11.9 Å². The lowest BCUT2D eigenvalue weighted by Crippen LogP contribution is -2.41. The second-order valence-electron chi connectivity index (χ2n) is 3.65. The fourth-order valence-electron chi connectivity index (χ4n) is 1.18. The van der Waals surface area contributed by atoms with Gasteiger partial charge in [0.05, 0.1) is 0 Å². The number of hydrogen-bond donors (Lipinski definition) is 1. The molecule has 1 rings (SSSR count). The van der Waals surface area contributed by atoms with Crippen LogP contribution in [0.3, 0.4) is 0 Å². The zero-order valence-electron chi connectivity index (χ0n) is 9.77. The first-order valence-corrected chi connectivity index (χ1v) is 4.96. The number of nitrogens with zero attached hydrogens (tertiary/aromatic N) is 2. The van der Waals surface area contributed by atoms with E-state index in [0.717, 1.165) is 4.90 Å². The lowest BCUT2D eigenvalue weighted by atomic mass is 10.1. The third kappa shape index (κ3) is 2.39. The van der Waals surface area contributed by atoms with Gasteiger partial charge in [-0.05, 0) is 0 Å². The molecule has 6 nitrogen and oxygen atoms in total. The molecule has 1 N–H and O–H groups in total. The van der Waals surface area contributed by atoms with Crippen LogP contribution in [0.1, 0.15) is 32.4 Å². The summed E-state index contributed by atoms with van der Waals surface area (Å²) in [4.78, 5) is 23.7. The summed E-state index contributed by atoms with van der Waals surface area (Å²) in [6, 6.07) is 1.05. The van der Waals surface area contributed by atoms with E-state index in [1.165, 1.54) is 14.0 Å². The highest BCUT2D eigenvalue weighted by Crippen LogP contribution is 2.20. The smallest absolute Gasteiger partial charge is 0.329 e. The van der Waals surface area contributed by atoms with E-state index in [2.05, 4.69) is 10.5 Å². The van der Waals surface area contributed by atoms with Crippen LogP contribution in [-0.4, -0.2) is 24.1 Å². The molecule has 0 radical (unpaired) electrons. The van der Waals surface area contributed by atoms with Crippen molar-refractivity contribution in [3.8, 4) is 0 Å². The molecule has 1 heterocycles. The molecule has 0 spiro atoms. The van der Waals surface area contributed by atoms with Crippen molar-refractivity contribution in [2.24, 2.45) is 0 Å². The van der Waals surface area contributed by atoms with Crippen LogP contribution in [0.25, 0.3) is 0 Å². The minimum atomic E-state index is -0.531. The number of urea groups is 1. The number of hydrogen-bond acceptors (Lipinski definition) is 4. The van der Waals surface area contributed by atoms with E-state index in [1.54, 1.807) is 6.07 Å². The van der Waals surface area contributed by atoms with Crippen LogP contribution in [0.5, 0.6) is 0 Å². The van der Waals surface area contributed by atoms with Gasteiger partial charge in [-0.25, -0.2) is 9.69 Å². The summed E-state index contributed by atoms with van der Waals surface area (Å²) < 4.78 is 5.03. The van der Waals surface area contributed by atoms with Gasteiger partial charge in [-0.1, -0.05) is 19.0 Å². The Morgan fingerprint density at radius 2 is 2.12 bits per heavy atom. The van der Waals surface area contributed by atoms with Crippen LogP contribution >= 0.6 is 0 Å². The Morgan fingerprint density at radius 1 is 1.50 bits per heavy atom. The summed E-state index contributed by atoms with van der Waals surface area (Å²) >= 11 is 0. The highest BCUT2D eigenvalue weighted by atomic mass is 16.5. The predicted octanol–water partition coefficient (Wildman–Crippen LogP) is 1.49. The van der Waals surface area contributed by atoms with Gasteiger partial charge in [0.2, 0.25) is 5.91 Å². The van der Waals surface area contributed by atoms with E-state index in [-0.39, 0.29) is 11.7 Å². The molecule has 16 heavy (non-hydrogen) atoms. The Hall–Kier alpha value is -1.85. The summed E-state index contributed by atoms with van der Waals surface area (Å²) in [5.41, 5.74) is 0. The molecule has 1 aromatic rings. The predicted molar refractivity (Wildman–Crippen MR) is 58.2 cm³/mol. The maximum Gasteiger partial charge on any atom is 0.329 e. The van der Waals surface area contributed by atoms with E-state index in [0.29, 0.717) is 5.76 Å². The van der Waals surface area contributed by atoms with Crippen molar-refractivity contribution in [1.82, 2.24) is 10.5 Å². The third-order valence-electron chi connectivity index (χ3n) is 2.05. The summed E-state index contributed by atoms with van der Waals surface area (Å²) in [7, 11) is 1.45. The number of anilines is 1. The van der Waals surface area contributed by atoms with Crippen molar-refractivity contribution in [2.45, 2.75) is 26.7 Å². The number of amides is 3. The van der Waals surface area contributed by atoms with Gasteiger partial charge < -0.3 is 9.84 Å². The van der Waals surface area contributed by atoms with E-state index in [9.17, 15) is 9.59 Å². The number of aromatic nitrogens is 1. The van der Waals surface area contributed by atoms with Gasteiger partial charge >= 0.3 is 6.03 Å². The van der Waals surface area contributed by atoms with E-state index in [1.807, 2.05) is 13.8 Å². The van der Waals surface area contributed by atoms with E-state index >= 15 is 0 Å². The van der Waals surface area contributed by atoms with Crippen LogP contribution in [-0.2, 0) is 4.79 Å². The molecule has 6 heteroatoms. The highest BCUT2D eigenvalue weighted by Gasteiger charge is 2.23. The molecule has 0 aliphatic rings. The molecule has 0 aliphatic heterocycles. The Morgan fingerprint density at radius 3 is 2.50 bits per heavy atom. The van der Waals surface area contributed by atoms with Crippen molar-refractivity contribution in [1.29, 1.82) is 0 Å². The highest BCUT2D eigenvalue weighted by molar-refractivity contribution is 6.12. The number of carbonyl (C=O) groups is 2. The first kappa shape index (κ1) is 12.2. The molecule has 0 bridgehead atoms. The Labute approximate surface area is 93.6 Å². The number of carbonyl (C=O) groups excluding carboxylic acids is 2. The Bertz CT molecular complexity index is 398. The third-order valence-corrected chi connectivity index (χ3v) is 2.05. The molecule has 0 aromatic carbocycles. The summed E-state index contributed by atoms with van der Waals surface area (Å²) in [6.07, 6.45) is 0. The SMILES string of the molecule is CNC(=O)N(C(C)=O)c1cc(C(C)C)on1. The summed E-state index contributed by atoms with van der Waals surface area (Å²) in [5, 5.41) is 6.07. The maximum atomic E-state index is 11.4. The fraction of sp³-hybridized carbons (Fsp3) is 0.500. The van der Waals surface area contributed by atoms with Crippen molar-refractivity contribution in [2.75, 3.05) is 11.9 Å². The van der Waals surface area contributed by atoms with Gasteiger partial charge in [-0.2, -0.15) is 0 Å². The standard InChI is InChI=1S/C10H15N3O3/c1-6(2)8-5-9(12-16-8)13(7(3)14)10(15)11-4/h5-6H,1-4H3,(H,11,15). The van der Waals surface area contributed by atoms with Crippen LogP contribution in [0.2, 0.25) is 0 Å². The lowest BCUT2D eigenvalue weighted by molar-refractivity contribution is -0.115. The van der Waals surface area contributed by atoms with Gasteiger partial charge in [-0.3, -0.25) is 4.79 Å². The maximum absolute atomic E-state index is 11.4. The van der Waals surface area contributed by atoms with Crippen molar-refractivity contribution >= 4 is 17.8 Å². The average molecular weight is 225 g/mol. The Balaban J connectivity index is 3.02. The topological polar surface area (TPSA) is 75.4 Å². The van der Waals surface area contributed by atoms with Crippen LogP contribution in [0.15, 0.2) is 10.6 Å². The summed E-state index contributed by atoms with van der Waals surface area (Å²) in [5.74, 6) is 0.573. The molecule has 88 valence electrons. The quantitative estimate of drug-likeness (QED) is 0.827. The molecular weight excluding hydrogens is 210 g/mol. The zero-order chi connectivity index (χ0) is 12.3. The minimum absolute atomic E-state index is 0.153. The molecule has 3 amide bonds. The number of rotatable bonds is 2. The summed E-state index contributed by atoms with van der Waals surface area (Å²) in [6.45, 7) is 5.16. The largest absolute Gasteiger partial charge is 0.359 e. The first-order valence-electron chi connectivity index (χ1n) is 4.96.